The lowest BCUT2D eigenvalue weighted by Gasteiger charge is -2.06. The van der Waals surface area contributed by atoms with Crippen LogP contribution in [0.4, 0.5) is 5.69 Å². The van der Waals surface area contributed by atoms with E-state index >= 15 is 0 Å². The Labute approximate surface area is 141 Å². The topological polar surface area (TPSA) is 75.4 Å². The molecule has 5 heteroatoms. The summed E-state index contributed by atoms with van der Waals surface area (Å²) in [7, 11) is 1.64. The van der Waals surface area contributed by atoms with Gasteiger partial charge in [0.2, 0.25) is 0 Å². The number of guanidine groups is 1. The second kappa shape index (κ2) is 7.55. The van der Waals surface area contributed by atoms with Gasteiger partial charge in [-0.2, -0.15) is 0 Å². The van der Waals surface area contributed by atoms with E-state index in [2.05, 4.69) is 39.7 Å². The van der Waals surface area contributed by atoms with Crippen molar-refractivity contribution in [3.63, 3.8) is 0 Å². The van der Waals surface area contributed by atoms with E-state index in [0.29, 0.717) is 12.5 Å². The fourth-order valence-corrected chi connectivity index (χ4v) is 2.67. The molecule has 3 aromatic rings. The average molecular weight is 322 g/mol. The predicted octanol–water partition coefficient (Wildman–Crippen LogP) is 3.54. The number of fused-ring (bicyclic) bond motifs is 1. The van der Waals surface area contributed by atoms with Gasteiger partial charge in [-0.05, 0) is 48.7 Å². The summed E-state index contributed by atoms with van der Waals surface area (Å²) in [4.78, 5) is 7.68. The summed E-state index contributed by atoms with van der Waals surface area (Å²) in [6.07, 6.45) is 4.00. The Morgan fingerprint density at radius 2 is 1.96 bits per heavy atom. The van der Waals surface area contributed by atoms with Crippen molar-refractivity contribution in [3.8, 4) is 5.75 Å². The van der Waals surface area contributed by atoms with Crippen LogP contribution in [0.1, 0.15) is 12.0 Å². The molecule has 0 saturated heterocycles. The third kappa shape index (κ3) is 3.87. The van der Waals surface area contributed by atoms with Gasteiger partial charge in [-0.15, -0.1) is 0 Å². The highest BCUT2D eigenvalue weighted by atomic mass is 16.5. The molecule has 0 bridgehead atoms. The number of nitrogens with zero attached hydrogens (tertiary/aromatic N) is 1. The summed E-state index contributed by atoms with van der Waals surface area (Å²) in [5, 5.41) is 4.37. The number of hydrogen-bond acceptors (Lipinski definition) is 2. The first-order valence-electron chi connectivity index (χ1n) is 8.02. The van der Waals surface area contributed by atoms with Gasteiger partial charge < -0.3 is 20.8 Å². The molecular weight excluding hydrogens is 300 g/mol. The Hall–Kier alpha value is -2.95. The molecule has 0 unspecified atom stereocenters. The predicted molar refractivity (Wildman–Crippen MR) is 99.7 cm³/mol. The number of aryl methyl sites for hydroxylation is 1. The highest BCUT2D eigenvalue weighted by molar-refractivity contribution is 5.92. The highest BCUT2D eigenvalue weighted by Crippen LogP contribution is 2.19. The summed E-state index contributed by atoms with van der Waals surface area (Å²) in [5.41, 5.74) is 9.32. The number of aromatic nitrogens is 1. The SMILES string of the molecule is COc1ccc(NC(N)=NCCCc2c[nH]c3ccccc23)cc1. The van der Waals surface area contributed by atoms with Crippen molar-refractivity contribution in [2.45, 2.75) is 12.8 Å². The van der Waals surface area contributed by atoms with Gasteiger partial charge in [-0.1, -0.05) is 18.2 Å². The van der Waals surface area contributed by atoms with E-state index in [1.54, 1.807) is 7.11 Å². The Kier molecular flexibility index (Phi) is 5.01. The Morgan fingerprint density at radius 1 is 1.17 bits per heavy atom. The van der Waals surface area contributed by atoms with Crippen LogP contribution in [0.15, 0.2) is 59.7 Å². The van der Waals surface area contributed by atoms with Crippen molar-refractivity contribution in [1.82, 2.24) is 4.98 Å². The van der Waals surface area contributed by atoms with Gasteiger partial charge >= 0.3 is 0 Å². The van der Waals surface area contributed by atoms with Crippen molar-refractivity contribution in [2.24, 2.45) is 10.7 Å². The molecule has 0 saturated carbocycles. The first kappa shape index (κ1) is 15.9. The van der Waals surface area contributed by atoms with E-state index in [1.807, 2.05) is 30.3 Å². The maximum Gasteiger partial charge on any atom is 0.193 e. The summed E-state index contributed by atoms with van der Waals surface area (Å²) >= 11 is 0. The maximum absolute atomic E-state index is 5.93. The van der Waals surface area contributed by atoms with Gasteiger partial charge in [0.05, 0.1) is 7.11 Å². The first-order valence-corrected chi connectivity index (χ1v) is 8.02. The smallest absolute Gasteiger partial charge is 0.193 e. The fraction of sp³-hybridized carbons (Fsp3) is 0.211. The van der Waals surface area contributed by atoms with Crippen molar-refractivity contribution < 1.29 is 4.74 Å². The minimum atomic E-state index is 0.430. The molecule has 5 nitrogen and oxygen atoms in total. The number of para-hydroxylation sites is 1. The number of methoxy groups -OCH3 is 1. The molecule has 3 rings (SSSR count). The molecule has 0 radical (unpaired) electrons. The molecule has 0 amide bonds. The molecule has 0 aliphatic heterocycles. The van der Waals surface area contributed by atoms with Crippen LogP contribution in [-0.2, 0) is 6.42 Å². The van der Waals surface area contributed by atoms with Crippen LogP contribution in [0.25, 0.3) is 10.9 Å². The molecule has 1 aromatic heterocycles. The van der Waals surface area contributed by atoms with Gasteiger partial charge in [0.15, 0.2) is 5.96 Å². The van der Waals surface area contributed by atoms with E-state index in [9.17, 15) is 0 Å². The van der Waals surface area contributed by atoms with E-state index in [0.717, 1.165) is 24.3 Å². The summed E-state index contributed by atoms with van der Waals surface area (Å²) in [6.45, 7) is 0.689. The van der Waals surface area contributed by atoms with Crippen LogP contribution in [-0.4, -0.2) is 24.6 Å². The number of H-pyrrole nitrogens is 1. The standard InChI is InChI=1S/C19H22N4O/c1-24-16-10-8-15(9-11-16)23-19(20)21-12-4-5-14-13-22-18-7-3-2-6-17(14)18/h2-3,6-11,13,22H,4-5,12H2,1H3,(H3,20,21,23). The number of benzene rings is 2. The summed E-state index contributed by atoms with van der Waals surface area (Å²) in [5.74, 6) is 1.24. The molecule has 0 aliphatic rings. The zero-order valence-electron chi connectivity index (χ0n) is 13.8. The van der Waals surface area contributed by atoms with Crippen molar-refractivity contribution in [1.29, 1.82) is 0 Å². The number of ether oxygens (including phenoxy) is 1. The second-order valence-corrected chi connectivity index (χ2v) is 5.58. The molecule has 0 aliphatic carbocycles. The van der Waals surface area contributed by atoms with Crippen molar-refractivity contribution >= 4 is 22.5 Å². The third-order valence-corrected chi connectivity index (χ3v) is 3.92. The van der Waals surface area contributed by atoms with Crippen LogP contribution < -0.4 is 15.8 Å². The Balaban J connectivity index is 1.50. The van der Waals surface area contributed by atoms with E-state index in [-0.39, 0.29) is 0 Å². The normalized spacial score (nSPS) is 11.6. The first-order chi connectivity index (χ1) is 11.8. The lowest BCUT2D eigenvalue weighted by atomic mass is 10.1. The van der Waals surface area contributed by atoms with E-state index in [4.69, 9.17) is 10.5 Å². The molecule has 0 atom stereocenters. The Bertz CT molecular complexity index is 821. The number of nitrogens with one attached hydrogen (secondary N) is 2. The quantitative estimate of drug-likeness (QED) is 0.369. The monoisotopic (exact) mass is 322 g/mol. The summed E-state index contributed by atoms with van der Waals surface area (Å²) < 4.78 is 5.13. The lowest BCUT2D eigenvalue weighted by molar-refractivity contribution is 0.415. The molecule has 2 aromatic carbocycles. The van der Waals surface area contributed by atoms with E-state index in [1.165, 1.54) is 16.5 Å². The van der Waals surface area contributed by atoms with Gasteiger partial charge in [-0.25, -0.2) is 0 Å². The number of aromatic amines is 1. The van der Waals surface area contributed by atoms with Crippen molar-refractivity contribution in [3.05, 3.63) is 60.3 Å². The number of aliphatic imine (C=N–C) groups is 1. The Morgan fingerprint density at radius 3 is 2.75 bits per heavy atom. The largest absolute Gasteiger partial charge is 0.497 e. The molecular formula is C19H22N4O. The minimum absolute atomic E-state index is 0.430. The zero-order chi connectivity index (χ0) is 16.8. The van der Waals surface area contributed by atoms with Crippen LogP contribution in [0.3, 0.4) is 0 Å². The molecule has 1 heterocycles. The average Bonchev–Trinajstić information content (AvgIpc) is 3.03. The number of hydrogen-bond donors (Lipinski definition) is 3. The van der Waals surface area contributed by atoms with Crippen LogP contribution in [0, 0.1) is 0 Å². The van der Waals surface area contributed by atoms with Gasteiger partial charge in [0.25, 0.3) is 0 Å². The zero-order valence-corrected chi connectivity index (χ0v) is 13.8. The van der Waals surface area contributed by atoms with Crippen LogP contribution in [0.2, 0.25) is 0 Å². The third-order valence-electron chi connectivity index (χ3n) is 3.92. The lowest BCUT2D eigenvalue weighted by Crippen LogP contribution is -2.22. The van der Waals surface area contributed by atoms with Gasteiger partial charge in [0.1, 0.15) is 5.75 Å². The summed E-state index contributed by atoms with van der Waals surface area (Å²) in [6, 6.07) is 15.9. The molecule has 4 N–H and O–H groups in total. The molecule has 24 heavy (non-hydrogen) atoms. The number of rotatable bonds is 6. The number of nitrogens with two attached hydrogens (primary N) is 1. The van der Waals surface area contributed by atoms with E-state index < -0.39 is 0 Å². The molecule has 0 fully saturated rings. The van der Waals surface area contributed by atoms with Crippen molar-refractivity contribution in [2.75, 3.05) is 19.0 Å². The second-order valence-electron chi connectivity index (χ2n) is 5.58. The van der Waals surface area contributed by atoms with Crippen LogP contribution in [0.5, 0.6) is 5.75 Å². The maximum atomic E-state index is 5.93. The fourth-order valence-electron chi connectivity index (χ4n) is 2.67. The van der Waals surface area contributed by atoms with Crippen LogP contribution >= 0.6 is 0 Å². The molecule has 124 valence electrons. The molecule has 0 spiro atoms. The number of anilines is 1. The highest BCUT2D eigenvalue weighted by Gasteiger charge is 2.02. The van der Waals surface area contributed by atoms with Gasteiger partial charge in [0, 0.05) is 29.3 Å². The van der Waals surface area contributed by atoms with Gasteiger partial charge in [-0.3, -0.25) is 4.99 Å². The minimum Gasteiger partial charge on any atom is -0.497 e.